The molecule has 0 saturated carbocycles. The van der Waals surface area contributed by atoms with E-state index in [1.54, 1.807) is 0 Å². The smallest absolute Gasteiger partial charge is 0.280 e. The summed E-state index contributed by atoms with van der Waals surface area (Å²) in [6, 6.07) is 9.64. The van der Waals surface area contributed by atoms with E-state index in [1.165, 1.54) is 17.7 Å². The molecule has 0 spiro atoms. The van der Waals surface area contributed by atoms with E-state index in [0.717, 1.165) is 32.4 Å². The number of amides is 1. The van der Waals surface area contributed by atoms with Crippen molar-refractivity contribution in [1.29, 1.82) is 0 Å². The van der Waals surface area contributed by atoms with Crippen molar-refractivity contribution < 1.29 is 4.79 Å². The molecule has 0 radical (unpaired) electrons. The van der Waals surface area contributed by atoms with Crippen LogP contribution in [-0.4, -0.2) is 20.6 Å². The highest BCUT2D eigenvalue weighted by molar-refractivity contribution is 7.18. The lowest BCUT2D eigenvalue weighted by Gasteiger charge is -2.07. The second-order valence-electron chi connectivity index (χ2n) is 5.78. The van der Waals surface area contributed by atoms with E-state index < -0.39 is 0 Å². The van der Waals surface area contributed by atoms with Crippen molar-refractivity contribution in [2.45, 2.75) is 19.8 Å². The first-order chi connectivity index (χ1) is 12.2. The number of para-hydroxylation sites is 1. The van der Waals surface area contributed by atoms with Gasteiger partial charge in [0.25, 0.3) is 5.56 Å². The highest BCUT2D eigenvalue weighted by atomic mass is 32.1. The Bertz CT molecular complexity index is 1140. The molecular weight excluding hydrogens is 336 g/mol. The number of carbonyl (C=O) groups is 1. The van der Waals surface area contributed by atoms with E-state index >= 15 is 0 Å². The van der Waals surface area contributed by atoms with Gasteiger partial charge in [-0.1, -0.05) is 25.1 Å². The van der Waals surface area contributed by atoms with Crippen LogP contribution in [0.4, 0.5) is 0 Å². The number of aryl methyl sites for hydroxylation is 1. The number of hydrogen-bond donors (Lipinski definition) is 2. The Kier molecular flexibility index (Phi) is 3.85. The molecule has 0 bridgehead atoms. The third-order valence-electron chi connectivity index (χ3n) is 4.12. The average Bonchev–Trinajstić information content (AvgIpc) is 3.22. The van der Waals surface area contributed by atoms with Crippen LogP contribution in [0.3, 0.4) is 0 Å². The van der Waals surface area contributed by atoms with E-state index in [2.05, 4.69) is 15.4 Å². The minimum atomic E-state index is -0.265. The number of rotatable bonds is 4. The molecule has 0 unspecified atom stereocenters. The zero-order valence-corrected chi connectivity index (χ0v) is 14.4. The molecule has 0 fully saturated rings. The lowest BCUT2D eigenvalue weighted by atomic mass is 10.1. The first kappa shape index (κ1) is 15.6. The first-order valence-electron chi connectivity index (χ1n) is 8.00. The molecule has 6 nitrogen and oxygen atoms in total. The van der Waals surface area contributed by atoms with Crippen molar-refractivity contribution in [3.63, 3.8) is 0 Å². The lowest BCUT2D eigenvalue weighted by molar-refractivity contribution is -0.116. The van der Waals surface area contributed by atoms with Crippen molar-refractivity contribution in [1.82, 2.24) is 14.6 Å². The number of nitrogens with zero attached hydrogens (tertiary/aromatic N) is 2. The molecular formula is C18H16N4O2S. The number of nitrogens with one attached hydrogen (secondary N) is 2. The topological polar surface area (TPSA) is 79.8 Å². The largest absolute Gasteiger partial charge is 0.361 e. The molecule has 2 N–H and O–H groups in total. The van der Waals surface area contributed by atoms with Gasteiger partial charge in [0, 0.05) is 22.0 Å². The number of aromatic nitrogens is 3. The molecule has 0 aliphatic rings. The minimum Gasteiger partial charge on any atom is -0.361 e. The number of thiophene rings is 1. The zero-order chi connectivity index (χ0) is 17.4. The number of benzene rings is 1. The third-order valence-corrected chi connectivity index (χ3v) is 5.31. The number of fused-ring (bicyclic) bond motifs is 2. The Hall–Kier alpha value is -2.93. The maximum absolute atomic E-state index is 12.5. The number of H-pyrrole nitrogens is 1. The van der Waals surface area contributed by atoms with E-state index in [-0.39, 0.29) is 17.9 Å². The van der Waals surface area contributed by atoms with Crippen LogP contribution >= 0.6 is 11.3 Å². The van der Waals surface area contributed by atoms with Crippen LogP contribution in [0.2, 0.25) is 0 Å². The molecule has 3 heterocycles. The van der Waals surface area contributed by atoms with Gasteiger partial charge in [-0.15, -0.1) is 11.3 Å². The Balaban J connectivity index is 1.59. The van der Waals surface area contributed by atoms with Crippen LogP contribution in [0, 0.1) is 0 Å². The average molecular weight is 352 g/mol. The second kappa shape index (κ2) is 6.18. The van der Waals surface area contributed by atoms with Gasteiger partial charge in [-0.2, -0.15) is 0 Å². The third kappa shape index (κ3) is 2.83. The van der Waals surface area contributed by atoms with Gasteiger partial charge in [0.1, 0.15) is 11.2 Å². The maximum Gasteiger partial charge on any atom is 0.280 e. The van der Waals surface area contributed by atoms with Gasteiger partial charge in [-0.3, -0.25) is 15.0 Å². The molecule has 0 aliphatic heterocycles. The van der Waals surface area contributed by atoms with Gasteiger partial charge in [0.15, 0.2) is 0 Å². The molecule has 0 atom stereocenters. The van der Waals surface area contributed by atoms with Crippen molar-refractivity contribution in [3.05, 3.63) is 63.7 Å². The number of hydrogen-bond acceptors (Lipinski definition) is 4. The molecule has 4 aromatic rings. The summed E-state index contributed by atoms with van der Waals surface area (Å²) in [4.78, 5) is 34.1. The molecule has 1 amide bonds. The lowest BCUT2D eigenvalue weighted by Crippen LogP contribution is -2.33. The quantitative estimate of drug-likeness (QED) is 0.593. The van der Waals surface area contributed by atoms with Crippen molar-refractivity contribution in [2.24, 2.45) is 0 Å². The summed E-state index contributed by atoms with van der Waals surface area (Å²) in [6.07, 6.45) is 4.22. The van der Waals surface area contributed by atoms with Crippen LogP contribution in [0.25, 0.3) is 21.1 Å². The number of carbonyl (C=O) groups excluding carboxylic acids is 1. The van der Waals surface area contributed by atoms with Crippen LogP contribution in [-0.2, 0) is 17.6 Å². The maximum atomic E-state index is 12.5. The number of aromatic amines is 1. The first-order valence-corrected chi connectivity index (χ1v) is 8.82. The fourth-order valence-corrected chi connectivity index (χ4v) is 3.78. The molecule has 3 aromatic heterocycles. The summed E-state index contributed by atoms with van der Waals surface area (Å²) in [6.45, 7) is 2.03. The van der Waals surface area contributed by atoms with Gasteiger partial charge < -0.3 is 4.98 Å². The SMILES string of the molecule is CCc1cc2c(=O)n(NC(=O)Cc3c[nH]c4ccccc34)cnc2s1. The normalized spacial score (nSPS) is 11.2. The van der Waals surface area contributed by atoms with E-state index in [9.17, 15) is 9.59 Å². The molecule has 4 rings (SSSR count). The van der Waals surface area contributed by atoms with Gasteiger partial charge in [-0.05, 0) is 24.1 Å². The summed E-state index contributed by atoms with van der Waals surface area (Å²) >= 11 is 1.50. The molecule has 1 aromatic carbocycles. The molecule has 7 heteroatoms. The summed E-state index contributed by atoms with van der Waals surface area (Å²) in [7, 11) is 0. The van der Waals surface area contributed by atoms with Crippen molar-refractivity contribution in [3.8, 4) is 0 Å². The van der Waals surface area contributed by atoms with Gasteiger partial charge in [0.05, 0.1) is 11.8 Å². The fraction of sp³-hybridized carbons (Fsp3) is 0.167. The van der Waals surface area contributed by atoms with Gasteiger partial charge in [-0.25, -0.2) is 9.66 Å². The van der Waals surface area contributed by atoms with Gasteiger partial charge in [0.2, 0.25) is 5.91 Å². The Labute approximate surface area is 147 Å². The van der Waals surface area contributed by atoms with Crippen LogP contribution in [0.1, 0.15) is 17.4 Å². The Morgan fingerprint density at radius 2 is 2.16 bits per heavy atom. The summed E-state index contributed by atoms with van der Waals surface area (Å²) in [5.41, 5.74) is 4.24. The summed E-state index contributed by atoms with van der Waals surface area (Å²) in [5, 5.41) is 1.54. The molecule has 0 saturated heterocycles. The zero-order valence-electron chi connectivity index (χ0n) is 13.6. The van der Waals surface area contributed by atoms with Gasteiger partial charge >= 0.3 is 0 Å². The second-order valence-corrected chi connectivity index (χ2v) is 6.89. The van der Waals surface area contributed by atoms with E-state index in [0.29, 0.717) is 10.2 Å². The minimum absolute atomic E-state index is 0.179. The molecule has 0 aliphatic carbocycles. The fourth-order valence-electron chi connectivity index (χ4n) is 2.85. The van der Waals surface area contributed by atoms with Crippen molar-refractivity contribution in [2.75, 3.05) is 5.43 Å². The predicted octanol–water partition coefficient (Wildman–Crippen LogP) is 2.81. The summed E-state index contributed by atoms with van der Waals surface area (Å²) < 4.78 is 1.16. The summed E-state index contributed by atoms with van der Waals surface area (Å²) in [5.74, 6) is -0.265. The van der Waals surface area contributed by atoms with Crippen LogP contribution in [0.5, 0.6) is 0 Å². The Morgan fingerprint density at radius 1 is 1.32 bits per heavy atom. The van der Waals surface area contributed by atoms with Crippen molar-refractivity contribution >= 4 is 38.4 Å². The van der Waals surface area contributed by atoms with E-state index in [1.807, 2.05) is 43.5 Å². The molecule has 126 valence electrons. The monoisotopic (exact) mass is 352 g/mol. The molecule has 25 heavy (non-hydrogen) atoms. The standard InChI is InChI=1S/C18H16N4O2S/c1-2-12-8-14-17(25-12)20-10-22(18(14)24)21-16(23)7-11-9-19-15-6-4-3-5-13(11)15/h3-6,8-10,19H,2,7H2,1H3,(H,21,23). The predicted molar refractivity (Wildman–Crippen MR) is 99.6 cm³/mol. The van der Waals surface area contributed by atoms with Crippen LogP contribution < -0.4 is 11.0 Å². The highest BCUT2D eigenvalue weighted by Gasteiger charge is 2.12. The van der Waals surface area contributed by atoms with E-state index in [4.69, 9.17) is 0 Å². The highest BCUT2D eigenvalue weighted by Crippen LogP contribution is 2.21. The Morgan fingerprint density at radius 3 is 3.00 bits per heavy atom. The van der Waals surface area contributed by atoms with Crippen LogP contribution in [0.15, 0.2) is 47.7 Å².